The van der Waals surface area contributed by atoms with Crippen LogP contribution in [0.5, 0.6) is 0 Å². The quantitative estimate of drug-likeness (QED) is 0.837. The molecule has 25 heavy (non-hydrogen) atoms. The molecular weight excluding hydrogens is 314 g/mol. The second-order valence-electron chi connectivity index (χ2n) is 8.16. The van der Waals surface area contributed by atoms with E-state index in [1.165, 1.54) is 5.56 Å². The molecule has 2 aromatic heterocycles. The lowest BCUT2D eigenvalue weighted by Crippen LogP contribution is -2.30. The summed E-state index contributed by atoms with van der Waals surface area (Å²) in [7, 11) is 3.83. The average molecular weight is 341 g/mol. The van der Waals surface area contributed by atoms with Gasteiger partial charge in [-0.15, -0.1) is 0 Å². The Labute approximate surface area is 149 Å². The Kier molecular flexibility index (Phi) is 4.62. The predicted molar refractivity (Wildman–Crippen MR) is 98.6 cm³/mol. The van der Waals surface area contributed by atoms with Crippen LogP contribution in [0, 0.1) is 5.41 Å². The Hall–Kier alpha value is -2.24. The van der Waals surface area contributed by atoms with Gasteiger partial charge >= 0.3 is 0 Å². The van der Waals surface area contributed by atoms with E-state index in [0.717, 1.165) is 36.5 Å². The van der Waals surface area contributed by atoms with Gasteiger partial charge < -0.3 is 4.90 Å². The first kappa shape index (κ1) is 17.6. The molecular formula is C19H27N5O. The predicted octanol–water partition coefficient (Wildman–Crippen LogP) is 2.81. The lowest BCUT2D eigenvalue weighted by molar-refractivity contribution is -0.119. The van der Waals surface area contributed by atoms with Crippen molar-refractivity contribution < 1.29 is 4.79 Å². The molecule has 2 heterocycles. The maximum Gasteiger partial charge on any atom is 0.182 e. The van der Waals surface area contributed by atoms with Gasteiger partial charge in [0.05, 0.1) is 6.54 Å². The highest BCUT2D eigenvalue weighted by Gasteiger charge is 2.24. The van der Waals surface area contributed by atoms with Crippen molar-refractivity contribution in [2.75, 3.05) is 18.5 Å². The third kappa shape index (κ3) is 4.06. The number of ketones is 1. The molecule has 1 aliphatic rings. The van der Waals surface area contributed by atoms with Gasteiger partial charge in [-0.3, -0.25) is 9.48 Å². The molecule has 2 aromatic rings. The first-order valence-corrected chi connectivity index (χ1v) is 8.85. The van der Waals surface area contributed by atoms with Crippen LogP contribution < -0.4 is 4.90 Å². The number of Topliss-reactive ketones (excluding diaryl/α,β-unsaturated/α-hetero) is 1. The van der Waals surface area contributed by atoms with Crippen LogP contribution in [0.4, 0.5) is 5.82 Å². The van der Waals surface area contributed by atoms with Gasteiger partial charge in [-0.2, -0.15) is 5.10 Å². The van der Waals surface area contributed by atoms with Crippen molar-refractivity contribution in [3.8, 4) is 11.5 Å². The topological polar surface area (TPSA) is 63.9 Å². The molecule has 6 heteroatoms. The van der Waals surface area contributed by atoms with Gasteiger partial charge in [-0.25, -0.2) is 9.97 Å². The Morgan fingerprint density at radius 1 is 1.28 bits per heavy atom. The van der Waals surface area contributed by atoms with E-state index < -0.39 is 0 Å². The van der Waals surface area contributed by atoms with Crippen molar-refractivity contribution in [2.24, 2.45) is 12.5 Å². The Morgan fingerprint density at radius 2 is 2.04 bits per heavy atom. The molecule has 3 rings (SSSR count). The van der Waals surface area contributed by atoms with Gasteiger partial charge in [-0.1, -0.05) is 20.8 Å². The molecule has 0 amide bonds. The molecule has 0 radical (unpaired) electrons. The lowest BCUT2D eigenvalue weighted by Gasteiger charge is -2.23. The SMILES string of the molecule is CN(CC(=O)CC(C)(C)C)c1nc(-c2ccn(C)n2)nc2c1CCC2. The largest absolute Gasteiger partial charge is 0.352 e. The van der Waals surface area contributed by atoms with Crippen LogP contribution in [0.1, 0.15) is 44.9 Å². The van der Waals surface area contributed by atoms with Gasteiger partial charge in [0, 0.05) is 38.0 Å². The van der Waals surface area contributed by atoms with Crippen molar-refractivity contribution >= 4 is 11.6 Å². The van der Waals surface area contributed by atoms with E-state index in [2.05, 4.69) is 25.9 Å². The van der Waals surface area contributed by atoms with E-state index in [4.69, 9.17) is 9.97 Å². The van der Waals surface area contributed by atoms with Crippen molar-refractivity contribution in [3.05, 3.63) is 23.5 Å². The van der Waals surface area contributed by atoms with Gasteiger partial charge in [0.25, 0.3) is 0 Å². The molecule has 0 saturated carbocycles. The smallest absolute Gasteiger partial charge is 0.182 e. The zero-order valence-corrected chi connectivity index (χ0v) is 15.8. The molecule has 134 valence electrons. The number of nitrogens with zero attached hydrogens (tertiary/aromatic N) is 5. The molecule has 0 unspecified atom stereocenters. The van der Waals surface area contributed by atoms with E-state index in [1.54, 1.807) is 4.68 Å². The van der Waals surface area contributed by atoms with E-state index in [9.17, 15) is 4.79 Å². The first-order valence-electron chi connectivity index (χ1n) is 8.85. The average Bonchev–Trinajstić information content (AvgIpc) is 3.12. The summed E-state index contributed by atoms with van der Waals surface area (Å²) in [6.45, 7) is 6.65. The standard InChI is InChI=1S/C19H27N5O/c1-19(2,3)11-13(25)12-23(4)18-14-7-6-8-15(14)20-17(21-18)16-9-10-24(5)22-16/h9-10H,6-8,11-12H2,1-5H3. The summed E-state index contributed by atoms with van der Waals surface area (Å²) in [6.07, 6.45) is 5.49. The summed E-state index contributed by atoms with van der Waals surface area (Å²) in [5.41, 5.74) is 3.06. The molecule has 0 N–H and O–H groups in total. The third-order valence-corrected chi connectivity index (χ3v) is 4.36. The third-order valence-electron chi connectivity index (χ3n) is 4.36. The van der Waals surface area contributed by atoms with Gasteiger partial charge in [-0.05, 0) is 30.7 Å². The summed E-state index contributed by atoms with van der Waals surface area (Å²) in [4.78, 5) is 23.9. The molecule has 0 bridgehead atoms. The minimum absolute atomic E-state index is 0.00462. The van der Waals surface area contributed by atoms with E-state index in [0.29, 0.717) is 18.8 Å². The number of fused-ring (bicyclic) bond motifs is 1. The lowest BCUT2D eigenvalue weighted by atomic mass is 9.90. The van der Waals surface area contributed by atoms with E-state index in [-0.39, 0.29) is 11.2 Å². The van der Waals surface area contributed by atoms with Crippen molar-refractivity contribution in [3.63, 3.8) is 0 Å². The fourth-order valence-electron chi connectivity index (χ4n) is 3.36. The molecule has 0 aliphatic heterocycles. The number of rotatable bonds is 5. The Morgan fingerprint density at radius 3 is 2.68 bits per heavy atom. The van der Waals surface area contributed by atoms with Crippen LogP contribution in [0.15, 0.2) is 12.3 Å². The number of likely N-dealkylation sites (N-methyl/N-ethyl adjacent to an activating group) is 1. The fourth-order valence-corrected chi connectivity index (χ4v) is 3.36. The fraction of sp³-hybridized carbons (Fsp3) is 0.579. The highest BCUT2D eigenvalue weighted by molar-refractivity contribution is 5.84. The minimum Gasteiger partial charge on any atom is -0.352 e. The van der Waals surface area contributed by atoms with Crippen LogP contribution in [0.3, 0.4) is 0 Å². The Balaban J connectivity index is 1.89. The minimum atomic E-state index is 0.00462. The number of carbonyl (C=O) groups excluding carboxylic acids is 1. The highest BCUT2D eigenvalue weighted by Crippen LogP contribution is 2.30. The van der Waals surface area contributed by atoms with E-state index >= 15 is 0 Å². The second-order valence-corrected chi connectivity index (χ2v) is 8.16. The van der Waals surface area contributed by atoms with Crippen LogP contribution in [-0.2, 0) is 24.7 Å². The number of hydrogen-bond acceptors (Lipinski definition) is 5. The molecule has 0 atom stereocenters. The Bertz CT molecular complexity index is 788. The zero-order chi connectivity index (χ0) is 18.2. The number of anilines is 1. The maximum atomic E-state index is 12.4. The van der Waals surface area contributed by atoms with Crippen molar-refractivity contribution in [1.82, 2.24) is 19.7 Å². The number of carbonyl (C=O) groups is 1. The molecule has 0 fully saturated rings. The summed E-state index contributed by atoms with van der Waals surface area (Å²) >= 11 is 0. The number of aromatic nitrogens is 4. The van der Waals surface area contributed by atoms with Gasteiger partial charge in [0.15, 0.2) is 11.6 Å². The molecule has 0 saturated heterocycles. The van der Waals surface area contributed by atoms with Crippen molar-refractivity contribution in [2.45, 2.75) is 46.5 Å². The second kappa shape index (κ2) is 6.58. The summed E-state index contributed by atoms with van der Waals surface area (Å²) in [5, 5.41) is 4.42. The zero-order valence-electron chi connectivity index (χ0n) is 15.8. The molecule has 6 nitrogen and oxygen atoms in total. The number of hydrogen-bond donors (Lipinski definition) is 0. The van der Waals surface area contributed by atoms with E-state index in [1.807, 2.05) is 31.3 Å². The number of aryl methyl sites for hydroxylation is 2. The maximum absolute atomic E-state index is 12.4. The van der Waals surface area contributed by atoms with Crippen LogP contribution in [-0.4, -0.2) is 39.1 Å². The molecule has 0 aromatic carbocycles. The monoisotopic (exact) mass is 341 g/mol. The first-order chi connectivity index (χ1) is 11.7. The summed E-state index contributed by atoms with van der Waals surface area (Å²) in [6, 6.07) is 1.92. The van der Waals surface area contributed by atoms with Gasteiger partial charge in [0.2, 0.25) is 0 Å². The van der Waals surface area contributed by atoms with Gasteiger partial charge in [0.1, 0.15) is 11.5 Å². The van der Waals surface area contributed by atoms with Crippen LogP contribution >= 0.6 is 0 Å². The van der Waals surface area contributed by atoms with Crippen LogP contribution in [0.2, 0.25) is 0 Å². The highest BCUT2D eigenvalue weighted by atomic mass is 16.1. The summed E-state index contributed by atoms with van der Waals surface area (Å²) < 4.78 is 1.75. The van der Waals surface area contributed by atoms with Crippen LogP contribution in [0.25, 0.3) is 11.5 Å². The normalized spacial score (nSPS) is 13.8. The molecule has 0 spiro atoms. The molecule has 1 aliphatic carbocycles. The van der Waals surface area contributed by atoms with Crippen molar-refractivity contribution in [1.29, 1.82) is 0 Å². The summed E-state index contributed by atoms with van der Waals surface area (Å²) in [5.74, 6) is 1.76.